The summed E-state index contributed by atoms with van der Waals surface area (Å²) in [4.78, 5) is 4.32. The number of nitrogens with zero attached hydrogens (tertiary/aromatic N) is 4. The standard InChI is InChI=1S/C14H28N6/c1-5-20-10-17-19-13(20)9-16-14(15)18-12(4)8-6-7-11(2)3/h10-12H,5-9H2,1-4H3,(H3,15,16,18). The molecule has 0 fully saturated rings. The fraction of sp³-hybridized carbons (Fsp3) is 0.786. The summed E-state index contributed by atoms with van der Waals surface area (Å²) in [6, 6.07) is 0.349. The van der Waals surface area contributed by atoms with E-state index in [0.717, 1.165) is 24.7 Å². The summed E-state index contributed by atoms with van der Waals surface area (Å²) in [6.07, 6.45) is 5.29. The average molecular weight is 280 g/mol. The fourth-order valence-electron chi connectivity index (χ4n) is 2.02. The van der Waals surface area contributed by atoms with E-state index in [4.69, 9.17) is 5.73 Å². The second-order valence-corrected chi connectivity index (χ2v) is 5.60. The number of hydrogen-bond donors (Lipinski definition) is 2. The monoisotopic (exact) mass is 280 g/mol. The molecule has 1 aromatic rings. The van der Waals surface area contributed by atoms with Crippen LogP contribution in [0.1, 0.15) is 52.8 Å². The molecule has 0 spiro atoms. The molecule has 6 nitrogen and oxygen atoms in total. The van der Waals surface area contributed by atoms with Gasteiger partial charge in [0, 0.05) is 12.6 Å². The zero-order valence-electron chi connectivity index (χ0n) is 13.1. The van der Waals surface area contributed by atoms with Gasteiger partial charge in [-0.15, -0.1) is 10.2 Å². The Kier molecular flexibility index (Phi) is 7.04. The molecule has 0 aliphatic rings. The van der Waals surface area contributed by atoms with Crippen LogP contribution in [0.15, 0.2) is 11.3 Å². The molecule has 0 aliphatic carbocycles. The molecule has 0 radical (unpaired) electrons. The summed E-state index contributed by atoms with van der Waals surface area (Å²) in [5.74, 6) is 2.08. The SMILES string of the molecule is CCn1cnnc1CN=C(N)NC(C)CCCC(C)C. The van der Waals surface area contributed by atoms with E-state index in [1.807, 2.05) is 4.57 Å². The van der Waals surface area contributed by atoms with Crippen LogP contribution in [0, 0.1) is 5.92 Å². The molecule has 1 aromatic heterocycles. The second-order valence-electron chi connectivity index (χ2n) is 5.60. The van der Waals surface area contributed by atoms with Crippen molar-refractivity contribution in [3.05, 3.63) is 12.2 Å². The zero-order valence-corrected chi connectivity index (χ0v) is 13.1. The predicted octanol–water partition coefficient (Wildman–Crippen LogP) is 1.92. The largest absolute Gasteiger partial charge is 0.370 e. The Labute approximate surface area is 121 Å². The van der Waals surface area contributed by atoms with Gasteiger partial charge < -0.3 is 15.6 Å². The number of aryl methyl sites for hydroxylation is 1. The molecule has 1 rings (SSSR count). The highest BCUT2D eigenvalue weighted by Gasteiger charge is 2.05. The number of guanidine groups is 1. The Balaban J connectivity index is 2.34. The molecule has 1 atom stereocenters. The number of aliphatic imine (C=N–C) groups is 1. The molecular weight excluding hydrogens is 252 g/mol. The second kappa shape index (κ2) is 8.55. The van der Waals surface area contributed by atoms with Crippen molar-refractivity contribution < 1.29 is 0 Å². The van der Waals surface area contributed by atoms with E-state index in [2.05, 4.69) is 48.2 Å². The van der Waals surface area contributed by atoms with E-state index in [1.165, 1.54) is 12.8 Å². The number of aromatic nitrogens is 3. The van der Waals surface area contributed by atoms with Crippen molar-refractivity contribution in [1.82, 2.24) is 20.1 Å². The van der Waals surface area contributed by atoms with Crippen LogP contribution in [0.3, 0.4) is 0 Å². The highest BCUT2D eigenvalue weighted by atomic mass is 15.3. The summed E-state index contributed by atoms with van der Waals surface area (Å²) in [5.41, 5.74) is 5.90. The van der Waals surface area contributed by atoms with Crippen molar-refractivity contribution in [2.24, 2.45) is 16.6 Å². The van der Waals surface area contributed by atoms with Gasteiger partial charge in [-0.1, -0.05) is 26.7 Å². The molecule has 0 bridgehead atoms. The van der Waals surface area contributed by atoms with Crippen LogP contribution in [0.2, 0.25) is 0 Å². The highest BCUT2D eigenvalue weighted by molar-refractivity contribution is 5.78. The van der Waals surface area contributed by atoms with Crippen LogP contribution in [0.4, 0.5) is 0 Å². The van der Waals surface area contributed by atoms with Gasteiger partial charge in [0.25, 0.3) is 0 Å². The molecule has 0 aromatic carbocycles. The quantitative estimate of drug-likeness (QED) is 0.563. The Morgan fingerprint density at radius 1 is 1.40 bits per heavy atom. The smallest absolute Gasteiger partial charge is 0.189 e. The minimum Gasteiger partial charge on any atom is -0.370 e. The third-order valence-electron chi connectivity index (χ3n) is 3.24. The van der Waals surface area contributed by atoms with E-state index in [-0.39, 0.29) is 0 Å². The number of nitrogens with two attached hydrogens (primary N) is 1. The Morgan fingerprint density at radius 2 is 2.15 bits per heavy atom. The van der Waals surface area contributed by atoms with Gasteiger partial charge in [0.05, 0.1) is 0 Å². The van der Waals surface area contributed by atoms with Crippen LogP contribution in [0.5, 0.6) is 0 Å². The van der Waals surface area contributed by atoms with Crippen molar-refractivity contribution in [2.45, 2.75) is 66.1 Å². The van der Waals surface area contributed by atoms with E-state index in [9.17, 15) is 0 Å². The van der Waals surface area contributed by atoms with Crippen molar-refractivity contribution in [3.63, 3.8) is 0 Å². The lowest BCUT2D eigenvalue weighted by molar-refractivity contribution is 0.493. The third-order valence-corrected chi connectivity index (χ3v) is 3.24. The van der Waals surface area contributed by atoms with E-state index in [0.29, 0.717) is 18.5 Å². The zero-order chi connectivity index (χ0) is 15.0. The third kappa shape index (κ3) is 6.04. The maximum absolute atomic E-state index is 5.90. The summed E-state index contributed by atoms with van der Waals surface area (Å²) in [7, 11) is 0. The fourth-order valence-corrected chi connectivity index (χ4v) is 2.02. The van der Waals surface area contributed by atoms with Crippen molar-refractivity contribution in [2.75, 3.05) is 0 Å². The molecule has 0 amide bonds. The summed E-state index contributed by atoms with van der Waals surface area (Å²) in [6.45, 7) is 9.99. The summed E-state index contributed by atoms with van der Waals surface area (Å²) < 4.78 is 1.96. The maximum atomic E-state index is 5.90. The first-order valence-corrected chi connectivity index (χ1v) is 7.46. The molecule has 0 saturated heterocycles. The normalized spacial score (nSPS) is 13.8. The lowest BCUT2D eigenvalue weighted by atomic mass is 10.0. The van der Waals surface area contributed by atoms with Gasteiger partial charge in [-0.05, 0) is 26.2 Å². The number of nitrogens with one attached hydrogen (secondary N) is 1. The van der Waals surface area contributed by atoms with Gasteiger partial charge >= 0.3 is 0 Å². The molecule has 20 heavy (non-hydrogen) atoms. The highest BCUT2D eigenvalue weighted by Crippen LogP contribution is 2.08. The lowest BCUT2D eigenvalue weighted by Crippen LogP contribution is -2.38. The van der Waals surface area contributed by atoms with Crippen LogP contribution >= 0.6 is 0 Å². The molecule has 6 heteroatoms. The van der Waals surface area contributed by atoms with Crippen molar-refractivity contribution in [1.29, 1.82) is 0 Å². The van der Waals surface area contributed by atoms with Gasteiger partial charge in [0.1, 0.15) is 12.9 Å². The van der Waals surface area contributed by atoms with Gasteiger partial charge in [-0.3, -0.25) is 0 Å². The van der Waals surface area contributed by atoms with E-state index in [1.54, 1.807) is 6.33 Å². The van der Waals surface area contributed by atoms with Gasteiger partial charge in [-0.25, -0.2) is 4.99 Å². The lowest BCUT2D eigenvalue weighted by Gasteiger charge is -2.15. The summed E-state index contributed by atoms with van der Waals surface area (Å²) in [5, 5.41) is 11.1. The van der Waals surface area contributed by atoms with Gasteiger partial charge in [0.15, 0.2) is 11.8 Å². The van der Waals surface area contributed by atoms with Gasteiger partial charge in [-0.2, -0.15) is 0 Å². The molecule has 3 N–H and O–H groups in total. The van der Waals surface area contributed by atoms with Crippen molar-refractivity contribution in [3.8, 4) is 0 Å². The first kappa shape index (κ1) is 16.5. The number of hydrogen-bond acceptors (Lipinski definition) is 3. The Hall–Kier alpha value is -1.59. The average Bonchev–Trinajstić information content (AvgIpc) is 2.83. The Bertz CT molecular complexity index is 410. The van der Waals surface area contributed by atoms with Gasteiger partial charge in [0.2, 0.25) is 0 Å². The van der Waals surface area contributed by atoms with Crippen LogP contribution in [-0.4, -0.2) is 26.8 Å². The minimum absolute atomic E-state index is 0.349. The molecule has 0 aliphatic heterocycles. The predicted molar refractivity (Wildman–Crippen MR) is 82.3 cm³/mol. The molecule has 1 heterocycles. The van der Waals surface area contributed by atoms with E-state index >= 15 is 0 Å². The van der Waals surface area contributed by atoms with Crippen LogP contribution in [0.25, 0.3) is 0 Å². The number of rotatable bonds is 8. The molecule has 0 saturated carbocycles. The van der Waals surface area contributed by atoms with E-state index < -0.39 is 0 Å². The topological polar surface area (TPSA) is 81.1 Å². The molecule has 114 valence electrons. The summed E-state index contributed by atoms with van der Waals surface area (Å²) >= 11 is 0. The first-order valence-electron chi connectivity index (χ1n) is 7.46. The maximum Gasteiger partial charge on any atom is 0.189 e. The Morgan fingerprint density at radius 3 is 2.80 bits per heavy atom. The van der Waals surface area contributed by atoms with Crippen molar-refractivity contribution >= 4 is 5.96 Å². The van der Waals surface area contributed by atoms with Crippen LogP contribution < -0.4 is 11.1 Å². The molecular formula is C14H28N6. The first-order chi connectivity index (χ1) is 9.52. The molecule has 1 unspecified atom stereocenters. The minimum atomic E-state index is 0.349. The van der Waals surface area contributed by atoms with Crippen LogP contribution in [-0.2, 0) is 13.1 Å².